The zero-order valence-electron chi connectivity index (χ0n) is 13.6. The number of piperazine rings is 1. The zero-order chi connectivity index (χ0) is 16.9. The van der Waals surface area contributed by atoms with E-state index in [-0.39, 0.29) is 5.91 Å². The van der Waals surface area contributed by atoms with Crippen LogP contribution in [0, 0.1) is 5.41 Å². The second-order valence-electron chi connectivity index (χ2n) is 6.97. The molecule has 2 fully saturated rings. The molecule has 1 aromatic rings. The van der Waals surface area contributed by atoms with E-state index in [2.05, 4.69) is 11.0 Å². The Morgan fingerprint density at radius 2 is 1.83 bits per heavy atom. The molecule has 1 saturated heterocycles. The highest BCUT2D eigenvalue weighted by Crippen LogP contribution is 2.64. The van der Waals surface area contributed by atoms with Crippen molar-refractivity contribution >= 4 is 29.1 Å². The molecule has 1 aliphatic carbocycles. The van der Waals surface area contributed by atoms with E-state index in [1.54, 1.807) is 0 Å². The zero-order valence-corrected chi connectivity index (χ0v) is 15.1. The van der Waals surface area contributed by atoms with Crippen LogP contribution in [0.25, 0.3) is 0 Å². The Balaban J connectivity index is 1.33. The van der Waals surface area contributed by atoms with Gasteiger partial charge < -0.3 is 14.4 Å². The van der Waals surface area contributed by atoms with Gasteiger partial charge in [0.15, 0.2) is 11.5 Å². The topological polar surface area (TPSA) is 42.0 Å². The fraction of sp³-hybridized carbons (Fsp3) is 0.588. The minimum absolute atomic E-state index is 0.0789. The Bertz CT molecular complexity index is 674. The van der Waals surface area contributed by atoms with Gasteiger partial charge in [-0.05, 0) is 31.0 Å². The van der Waals surface area contributed by atoms with E-state index in [1.165, 1.54) is 5.56 Å². The molecule has 2 aliphatic heterocycles. The quantitative estimate of drug-likeness (QED) is 0.767. The van der Waals surface area contributed by atoms with Gasteiger partial charge in [0.2, 0.25) is 12.7 Å². The second kappa shape index (κ2) is 5.68. The summed E-state index contributed by atoms with van der Waals surface area (Å²) in [6.07, 6.45) is 0.541. The maximum absolute atomic E-state index is 12.6. The van der Waals surface area contributed by atoms with Crippen LogP contribution in [-0.2, 0) is 11.3 Å². The number of halogens is 2. The molecule has 4 rings (SSSR count). The Kier molecular flexibility index (Phi) is 3.86. The molecule has 130 valence electrons. The average Bonchev–Trinajstić information content (AvgIpc) is 2.89. The normalized spacial score (nSPS) is 28.0. The standard InChI is InChI=1S/C17H20Cl2N2O3/c1-16(10-17(16,18)19)15(22)21-6-4-20(5-7-21)9-12-2-3-13-14(8-12)24-11-23-13/h2-3,8H,4-7,9-11H2,1H3/t16-/m0/s1. The van der Waals surface area contributed by atoms with E-state index >= 15 is 0 Å². The molecule has 1 saturated carbocycles. The van der Waals surface area contributed by atoms with Gasteiger partial charge in [-0.25, -0.2) is 0 Å². The first-order valence-corrected chi connectivity index (χ1v) is 8.93. The van der Waals surface area contributed by atoms with E-state index < -0.39 is 9.75 Å². The van der Waals surface area contributed by atoms with Gasteiger partial charge >= 0.3 is 0 Å². The van der Waals surface area contributed by atoms with Crippen LogP contribution in [0.4, 0.5) is 0 Å². The Labute approximate surface area is 151 Å². The third-order valence-electron chi connectivity index (χ3n) is 5.23. The van der Waals surface area contributed by atoms with Crippen molar-refractivity contribution in [3.63, 3.8) is 0 Å². The number of benzene rings is 1. The lowest BCUT2D eigenvalue weighted by Gasteiger charge is -2.36. The first-order chi connectivity index (χ1) is 11.4. The number of hydrogen-bond donors (Lipinski definition) is 0. The molecule has 0 aromatic heterocycles. The number of rotatable bonds is 3. The lowest BCUT2D eigenvalue weighted by molar-refractivity contribution is -0.138. The van der Waals surface area contributed by atoms with E-state index in [0.717, 1.165) is 31.1 Å². The number of alkyl halides is 2. The van der Waals surface area contributed by atoms with Crippen LogP contribution in [-0.4, -0.2) is 53.0 Å². The number of carbonyl (C=O) groups excluding carboxylic acids is 1. The molecule has 2 heterocycles. The first kappa shape index (κ1) is 16.3. The fourth-order valence-corrected chi connectivity index (χ4v) is 4.08. The van der Waals surface area contributed by atoms with Gasteiger partial charge in [0.25, 0.3) is 0 Å². The van der Waals surface area contributed by atoms with Gasteiger partial charge in [-0.3, -0.25) is 9.69 Å². The van der Waals surface area contributed by atoms with Crippen molar-refractivity contribution in [3.05, 3.63) is 23.8 Å². The molecular weight excluding hydrogens is 351 g/mol. The van der Waals surface area contributed by atoms with Crippen molar-refractivity contribution in [2.45, 2.75) is 24.2 Å². The van der Waals surface area contributed by atoms with Crippen molar-refractivity contribution in [3.8, 4) is 11.5 Å². The van der Waals surface area contributed by atoms with Crippen molar-refractivity contribution in [2.24, 2.45) is 5.41 Å². The third-order valence-corrected chi connectivity index (χ3v) is 6.33. The predicted molar refractivity (Wildman–Crippen MR) is 91.6 cm³/mol. The molecular formula is C17H20Cl2N2O3. The van der Waals surface area contributed by atoms with Gasteiger partial charge in [0.05, 0.1) is 5.41 Å². The van der Waals surface area contributed by atoms with Crippen LogP contribution in [0.2, 0.25) is 0 Å². The van der Waals surface area contributed by atoms with Crippen molar-refractivity contribution < 1.29 is 14.3 Å². The van der Waals surface area contributed by atoms with Crippen LogP contribution < -0.4 is 9.47 Å². The second-order valence-corrected chi connectivity index (χ2v) is 8.45. The molecule has 1 atom stereocenters. The van der Waals surface area contributed by atoms with Crippen molar-refractivity contribution in [1.82, 2.24) is 9.80 Å². The van der Waals surface area contributed by atoms with Gasteiger partial charge in [-0.2, -0.15) is 0 Å². The van der Waals surface area contributed by atoms with Gasteiger partial charge in [-0.1, -0.05) is 6.07 Å². The molecule has 1 amide bonds. The summed E-state index contributed by atoms with van der Waals surface area (Å²) in [5.74, 6) is 1.69. The maximum Gasteiger partial charge on any atom is 0.231 e. The number of carbonyl (C=O) groups is 1. The molecule has 0 spiro atoms. The highest BCUT2D eigenvalue weighted by molar-refractivity contribution is 6.53. The summed E-state index contributed by atoms with van der Waals surface area (Å²) in [7, 11) is 0. The summed E-state index contributed by atoms with van der Waals surface area (Å²) in [5, 5.41) is 0. The lowest BCUT2D eigenvalue weighted by Crippen LogP contribution is -2.50. The van der Waals surface area contributed by atoms with Crippen LogP contribution in [0.3, 0.4) is 0 Å². The number of fused-ring (bicyclic) bond motifs is 1. The van der Waals surface area contributed by atoms with Crippen LogP contribution in [0.15, 0.2) is 18.2 Å². The summed E-state index contributed by atoms with van der Waals surface area (Å²) in [6.45, 7) is 6.09. The molecule has 0 N–H and O–H groups in total. The Morgan fingerprint density at radius 3 is 2.50 bits per heavy atom. The number of hydrogen-bond acceptors (Lipinski definition) is 4. The molecule has 7 heteroatoms. The van der Waals surface area contributed by atoms with Crippen LogP contribution in [0.5, 0.6) is 11.5 Å². The predicted octanol–water partition coefficient (Wildman–Crippen LogP) is 2.64. The summed E-state index contributed by atoms with van der Waals surface area (Å²) in [4.78, 5) is 16.8. The minimum atomic E-state index is -0.895. The van der Waals surface area contributed by atoms with Crippen molar-refractivity contribution in [1.29, 1.82) is 0 Å². The molecule has 1 aromatic carbocycles. The van der Waals surface area contributed by atoms with Gasteiger partial charge in [-0.15, -0.1) is 23.2 Å². The minimum Gasteiger partial charge on any atom is -0.454 e. The van der Waals surface area contributed by atoms with Crippen LogP contribution in [0.1, 0.15) is 18.9 Å². The number of nitrogens with zero attached hydrogens (tertiary/aromatic N) is 2. The number of amides is 1. The summed E-state index contributed by atoms with van der Waals surface area (Å²) >= 11 is 12.3. The molecule has 24 heavy (non-hydrogen) atoms. The monoisotopic (exact) mass is 370 g/mol. The average molecular weight is 371 g/mol. The first-order valence-electron chi connectivity index (χ1n) is 8.17. The van der Waals surface area contributed by atoms with Crippen molar-refractivity contribution in [2.75, 3.05) is 33.0 Å². The van der Waals surface area contributed by atoms with E-state index in [0.29, 0.717) is 26.3 Å². The van der Waals surface area contributed by atoms with E-state index in [9.17, 15) is 4.79 Å². The SMILES string of the molecule is C[C@@]1(C(=O)N2CCN(Cc3ccc4c(c3)OCO4)CC2)CC1(Cl)Cl. The Hall–Kier alpha value is -1.17. The number of ether oxygens (including phenoxy) is 2. The Morgan fingerprint density at radius 1 is 1.17 bits per heavy atom. The largest absolute Gasteiger partial charge is 0.454 e. The summed E-state index contributed by atoms with van der Waals surface area (Å²) < 4.78 is 9.86. The van der Waals surface area contributed by atoms with Crippen LogP contribution >= 0.6 is 23.2 Å². The molecule has 5 nitrogen and oxygen atoms in total. The lowest BCUT2D eigenvalue weighted by atomic mass is 10.1. The molecule has 0 radical (unpaired) electrons. The maximum atomic E-state index is 12.6. The third kappa shape index (κ3) is 2.72. The van der Waals surface area contributed by atoms with E-state index in [4.69, 9.17) is 32.7 Å². The smallest absolute Gasteiger partial charge is 0.231 e. The molecule has 3 aliphatic rings. The van der Waals surface area contributed by atoms with Gasteiger partial charge in [0, 0.05) is 32.7 Å². The molecule has 0 bridgehead atoms. The van der Waals surface area contributed by atoms with E-state index in [1.807, 2.05) is 24.0 Å². The van der Waals surface area contributed by atoms with Gasteiger partial charge in [0.1, 0.15) is 4.33 Å². The summed E-state index contributed by atoms with van der Waals surface area (Å²) in [5.41, 5.74) is 0.573. The highest BCUT2D eigenvalue weighted by atomic mass is 35.5. The molecule has 0 unspecified atom stereocenters. The summed E-state index contributed by atoms with van der Waals surface area (Å²) in [6, 6.07) is 6.04. The fourth-order valence-electron chi connectivity index (χ4n) is 3.39. The highest BCUT2D eigenvalue weighted by Gasteiger charge is 2.68.